The molecule has 216 valence electrons. The van der Waals surface area contributed by atoms with Crippen LogP contribution in [0.2, 0.25) is 0 Å². The van der Waals surface area contributed by atoms with Crippen LogP contribution in [0.5, 0.6) is 0 Å². The number of hydrogen-bond acceptors (Lipinski definition) is 8. The van der Waals surface area contributed by atoms with E-state index in [2.05, 4.69) is 55.1 Å². The molecule has 0 saturated carbocycles. The van der Waals surface area contributed by atoms with Crippen molar-refractivity contribution in [1.29, 1.82) is 0 Å². The predicted octanol–water partition coefficient (Wildman–Crippen LogP) is 3.04. The van der Waals surface area contributed by atoms with Gasteiger partial charge in [-0.15, -0.1) is 0 Å². The Morgan fingerprint density at radius 1 is 0.659 bits per heavy atom. The van der Waals surface area contributed by atoms with Crippen molar-refractivity contribution in [3.63, 3.8) is 0 Å². The summed E-state index contributed by atoms with van der Waals surface area (Å²) in [7, 11) is 0. The van der Waals surface area contributed by atoms with Crippen LogP contribution in [-0.2, 0) is 26.2 Å². The Balaban J connectivity index is 1.27. The summed E-state index contributed by atoms with van der Waals surface area (Å²) >= 11 is 0. The lowest BCUT2D eigenvalue weighted by molar-refractivity contribution is 0.0892. The van der Waals surface area contributed by atoms with Gasteiger partial charge in [-0.05, 0) is 41.0 Å². The third kappa shape index (κ3) is 10.8. The lowest BCUT2D eigenvalue weighted by Gasteiger charge is -2.24. The number of nitrogens with zero attached hydrogens (tertiary/aromatic N) is 3. The van der Waals surface area contributed by atoms with Crippen molar-refractivity contribution in [1.82, 2.24) is 30.8 Å². The zero-order valence-corrected chi connectivity index (χ0v) is 23.6. The molecular formula is C33H42N6O2. The molecule has 5 N–H and O–H groups in total. The van der Waals surface area contributed by atoms with Gasteiger partial charge >= 0.3 is 0 Å². The molecule has 2 aromatic heterocycles. The number of pyridine rings is 2. The summed E-state index contributed by atoms with van der Waals surface area (Å²) in [4.78, 5) is 11.2. The molecule has 0 saturated heterocycles. The fourth-order valence-electron chi connectivity index (χ4n) is 4.61. The van der Waals surface area contributed by atoms with Crippen molar-refractivity contribution in [3.8, 4) is 0 Å². The van der Waals surface area contributed by atoms with Crippen molar-refractivity contribution >= 4 is 0 Å². The number of aliphatic hydroxyl groups excluding tert-OH is 2. The van der Waals surface area contributed by atoms with Crippen LogP contribution in [-0.4, -0.2) is 63.9 Å². The normalized spacial score (nSPS) is 12.9. The second-order valence-electron chi connectivity index (χ2n) is 10.1. The molecule has 2 aromatic carbocycles. The fourth-order valence-corrected chi connectivity index (χ4v) is 4.61. The quantitative estimate of drug-likeness (QED) is 0.120. The minimum absolute atomic E-state index is 0.147. The van der Waals surface area contributed by atoms with E-state index in [1.807, 2.05) is 79.1 Å². The highest BCUT2D eigenvalue weighted by Crippen LogP contribution is 2.17. The zero-order chi connectivity index (χ0) is 28.5. The Morgan fingerprint density at radius 3 is 1.76 bits per heavy atom. The van der Waals surface area contributed by atoms with Crippen LogP contribution >= 0.6 is 0 Å². The third-order valence-corrected chi connectivity index (χ3v) is 6.99. The van der Waals surface area contributed by atoms with E-state index in [-0.39, 0.29) is 6.61 Å². The highest BCUT2D eigenvalue weighted by Gasteiger charge is 2.19. The van der Waals surface area contributed by atoms with Gasteiger partial charge in [0.25, 0.3) is 0 Å². The van der Waals surface area contributed by atoms with Gasteiger partial charge in [-0.2, -0.15) is 0 Å². The Hall–Kier alpha value is -3.50. The van der Waals surface area contributed by atoms with Gasteiger partial charge in [0.2, 0.25) is 0 Å². The van der Waals surface area contributed by atoms with Crippen LogP contribution < -0.4 is 16.0 Å². The Bertz CT molecular complexity index is 1180. The third-order valence-electron chi connectivity index (χ3n) is 6.99. The number of rotatable bonds is 18. The second kappa shape index (κ2) is 17.3. The number of aliphatic hydroxyl groups is 2. The van der Waals surface area contributed by atoms with Crippen LogP contribution in [0.1, 0.15) is 34.2 Å². The molecule has 0 aliphatic rings. The van der Waals surface area contributed by atoms with E-state index in [0.29, 0.717) is 6.54 Å². The number of nitrogens with one attached hydrogen (secondary N) is 3. The first kappa shape index (κ1) is 30.5. The molecule has 8 heteroatoms. The molecular weight excluding hydrogens is 512 g/mol. The summed E-state index contributed by atoms with van der Waals surface area (Å²) in [5, 5.41) is 30.8. The molecule has 0 amide bonds. The Morgan fingerprint density at radius 2 is 1.22 bits per heavy atom. The fraction of sp³-hybridized carbons (Fsp3) is 0.333. The highest BCUT2D eigenvalue weighted by molar-refractivity contribution is 5.23. The average molecular weight is 555 g/mol. The number of benzene rings is 2. The molecule has 4 aromatic rings. The monoisotopic (exact) mass is 554 g/mol. The maximum absolute atomic E-state index is 10.7. The zero-order valence-electron chi connectivity index (χ0n) is 23.6. The van der Waals surface area contributed by atoms with Crippen LogP contribution in [0.15, 0.2) is 103 Å². The molecule has 0 unspecified atom stereocenters. The van der Waals surface area contributed by atoms with Gasteiger partial charge in [0.15, 0.2) is 0 Å². The lowest BCUT2D eigenvalue weighted by Crippen LogP contribution is -2.37. The van der Waals surface area contributed by atoms with Crippen LogP contribution in [0.3, 0.4) is 0 Å². The van der Waals surface area contributed by atoms with Crippen molar-refractivity contribution in [2.24, 2.45) is 0 Å². The summed E-state index contributed by atoms with van der Waals surface area (Å²) in [6, 6.07) is 29.5. The molecule has 0 spiro atoms. The first-order chi connectivity index (χ1) is 20.2. The van der Waals surface area contributed by atoms with E-state index in [9.17, 15) is 10.2 Å². The van der Waals surface area contributed by atoms with Gasteiger partial charge in [-0.25, -0.2) is 0 Å². The van der Waals surface area contributed by atoms with Gasteiger partial charge in [0, 0.05) is 64.8 Å². The van der Waals surface area contributed by atoms with E-state index in [4.69, 9.17) is 0 Å². The SMILES string of the molecule is OC[C@H](NCc1ccc(CN(CCNCc2ccccn2)CCNCc2ccccn2)cc1)[C@H](O)c1ccccc1. The maximum Gasteiger partial charge on any atom is 0.0965 e. The van der Waals surface area contributed by atoms with Crippen molar-refractivity contribution < 1.29 is 10.2 Å². The maximum atomic E-state index is 10.7. The highest BCUT2D eigenvalue weighted by atomic mass is 16.3. The average Bonchev–Trinajstić information content (AvgIpc) is 3.03. The molecule has 0 bridgehead atoms. The largest absolute Gasteiger partial charge is 0.395 e. The summed E-state index contributed by atoms with van der Waals surface area (Å²) in [5.41, 5.74) is 5.22. The summed E-state index contributed by atoms with van der Waals surface area (Å²) in [6.07, 6.45) is 2.88. The second-order valence-corrected chi connectivity index (χ2v) is 10.1. The molecule has 4 rings (SSSR count). The lowest BCUT2D eigenvalue weighted by atomic mass is 10.0. The first-order valence-electron chi connectivity index (χ1n) is 14.3. The van der Waals surface area contributed by atoms with Gasteiger partial charge in [-0.3, -0.25) is 14.9 Å². The van der Waals surface area contributed by atoms with E-state index in [1.54, 1.807) is 0 Å². The Labute approximate surface area is 243 Å². The topological polar surface area (TPSA) is 106 Å². The smallest absolute Gasteiger partial charge is 0.0965 e. The van der Waals surface area contributed by atoms with Crippen LogP contribution in [0, 0.1) is 0 Å². The molecule has 41 heavy (non-hydrogen) atoms. The van der Waals surface area contributed by atoms with Gasteiger partial charge in [0.1, 0.15) is 0 Å². The summed E-state index contributed by atoms with van der Waals surface area (Å²) in [6.45, 7) is 6.32. The molecule has 0 aliphatic carbocycles. The van der Waals surface area contributed by atoms with E-state index < -0.39 is 12.1 Å². The van der Waals surface area contributed by atoms with Gasteiger partial charge < -0.3 is 26.2 Å². The first-order valence-corrected chi connectivity index (χ1v) is 14.3. The minimum atomic E-state index is -0.772. The Kier molecular flexibility index (Phi) is 12.9. The van der Waals surface area contributed by atoms with Gasteiger partial charge in [0.05, 0.1) is 30.1 Å². The predicted molar refractivity (Wildman–Crippen MR) is 163 cm³/mol. The summed E-state index contributed by atoms with van der Waals surface area (Å²) < 4.78 is 0. The standard InChI is InChI=1S/C33H42N6O2/c40-26-32(33(41)29-8-2-1-3-9-29)38-22-27-12-14-28(15-13-27)25-39(20-18-34-23-30-10-4-6-16-36-30)21-19-35-24-31-11-5-7-17-37-31/h1-17,32-35,38,40-41H,18-26H2/t32-,33+/m0/s1. The van der Waals surface area contributed by atoms with Gasteiger partial charge in [-0.1, -0.05) is 66.7 Å². The molecule has 2 heterocycles. The van der Waals surface area contributed by atoms with Crippen LogP contribution in [0.25, 0.3) is 0 Å². The number of hydrogen-bond donors (Lipinski definition) is 5. The van der Waals surface area contributed by atoms with Crippen LogP contribution in [0.4, 0.5) is 0 Å². The van der Waals surface area contributed by atoms with E-state index >= 15 is 0 Å². The molecule has 8 nitrogen and oxygen atoms in total. The van der Waals surface area contributed by atoms with E-state index in [0.717, 1.165) is 68.3 Å². The number of aromatic nitrogens is 2. The molecule has 0 aliphatic heterocycles. The molecule has 0 radical (unpaired) electrons. The van der Waals surface area contributed by atoms with E-state index in [1.165, 1.54) is 5.56 Å². The molecule has 0 fully saturated rings. The molecule has 2 atom stereocenters. The van der Waals surface area contributed by atoms with Crippen molar-refractivity contribution in [3.05, 3.63) is 131 Å². The summed E-state index contributed by atoms with van der Waals surface area (Å²) in [5.74, 6) is 0. The minimum Gasteiger partial charge on any atom is -0.395 e. The van der Waals surface area contributed by atoms with Crippen molar-refractivity contribution in [2.75, 3.05) is 32.8 Å². The van der Waals surface area contributed by atoms with Crippen molar-refractivity contribution in [2.45, 2.75) is 38.3 Å².